The number of rotatable bonds is 3. The summed E-state index contributed by atoms with van der Waals surface area (Å²) in [6, 6.07) is 6.51. The predicted octanol–water partition coefficient (Wildman–Crippen LogP) is 2.84. The zero-order chi connectivity index (χ0) is 14.0. The molecule has 0 spiro atoms. The molecule has 1 aliphatic heterocycles. The summed E-state index contributed by atoms with van der Waals surface area (Å²) < 4.78 is 1.02. The molecule has 1 heterocycles. The van der Waals surface area contributed by atoms with Crippen LogP contribution >= 0.6 is 28.1 Å². The third kappa shape index (κ3) is 3.68. The third-order valence-electron chi connectivity index (χ3n) is 3.70. The van der Waals surface area contributed by atoms with Gasteiger partial charge in [0.1, 0.15) is 4.99 Å². The summed E-state index contributed by atoms with van der Waals surface area (Å²) in [7, 11) is 2.18. The van der Waals surface area contributed by atoms with E-state index in [2.05, 4.69) is 40.1 Å². The van der Waals surface area contributed by atoms with Gasteiger partial charge in [0.2, 0.25) is 0 Å². The van der Waals surface area contributed by atoms with Gasteiger partial charge in [0.15, 0.2) is 0 Å². The van der Waals surface area contributed by atoms with E-state index >= 15 is 0 Å². The van der Waals surface area contributed by atoms with Gasteiger partial charge < -0.3 is 16.0 Å². The molecule has 3 nitrogen and oxygen atoms in total. The summed E-state index contributed by atoms with van der Waals surface area (Å²) in [6.45, 7) is 4.58. The Balaban J connectivity index is 2.09. The van der Waals surface area contributed by atoms with E-state index < -0.39 is 0 Å². The highest BCUT2D eigenvalue weighted by atomic mass is 79.9. The molecular formula is C14H20BrN3S. The Morgan fingerprint density at radius 3 is 2.84 bits per heavy atom. The molecule has 1 aromatic carbocycles. The van der Waals surface area contributed by atoms with Crippen LogP contribution in [-0.4, -0.2) is 36.1 Å². The summed E-state index contributed by atoms with van der Waals surface area (Å²) in [6.07, 6.45) is 1.17. The number of likely N-dealkylation sites (tertiary alicyclic amines) is 1. The van der Waals surface area contributed by atoms with E-state index in [1.807, 2.05) is 18.2 Å². The van der Waals surface area contributed by atoms with Gasteiger partial charge in [0.05, 0.1) is 0 Å². The fourth-order valence-corrected chi connectivity index (χ4v) is 3.17. The summed E-state index contributed by atoms with van der Waals surface area (Å²) >= 11 is 8.57. The van der Waals surface area contributed by atoms with Crippen molar-refractivity contribution in [2.75, 3.05) is 25.5 Å². The first kappa shape index (κ1) is 14.8. The minimum absolute atomic E-state index is 0.430. The van der Waals surface area contributed by atoms with Crippen molar-refractivity contribution >= 4 is 38.8 Å². The average Bonchev–Trinajstić information content (AvgIpc) is 2.34. The topological polar surface area (TPSA) is 41.3 Å². The highest BCUT2D eigenvalue weighted by Gasteiger charge is 2.24. The van der Waals surface area contributed by atoms with Crippen LogP contribution in [0.15, 0.2) is 22.7 Å². The third-order valence-corrected chi connectivity index (χ3v) is 4.59. The molecule has 0 saturated carbocycles. The van der Waals surface area contributed by atoms with Gasteiger partial charge in [0.25, 0.3) is 0 Å². The monoisotopic (exact) mass is 341 g/mol. The molecule has 3 N–H and O–H groups in total. The van der Waals surface area contributed by atoms with Crippen LogP contribution in [0.1, 0.15) is 18.9 Å². The molecule has 2 rings (SSSR count). The lowest BCUT2D eigenvalue weighted by Gasteiger charge is -2.36. The number of hydrogen-bond acceptors (Lipinski definition) is 3. The molecule has 1 aromatic rings. The zero-order valence-electron chi connectivity index (χ0n) is 11.3. The van der Waals surface area contributed by atoms with Crippen LogP contribution in [0.5, 0.6) is 0 Å². The van der Waals surface area contributed by atoms with E-state index in [1.54, 1.807) is 0 Å². The van der Waals surface area contributed by atoms with Crippen molar-refractivity contribution in [3.63, 3.8) is 0 Å². The van der Waals surface area contributed by atoms with Crippen LogP contribution in [-0.2, 0) is 0 Å². The molecule has 1 fully saturated rings. The van der Waals surface area contributed by atoms with Crippen molar-refractivity contribution in [3.8, 4) is 0 Å². The lowest BCUT2D eigenvalue weighted by atomic mass is 9.94. The van der Waals surface area contributed by atoms with Crippen molar-refractivity contribution in [1.29, 1.82) is 0 Å². The lowest BCUT2D eigenvalue weighted by Crippen LogP contribution is -2.43. The number of thiocarbonyl (C=S) groups is 1. The Labute approximate surface area is 128 Å². The van der Waals surface area contributed by atoms with E-state index in [0.29, 0.717) is 16.9 Å². The van der Waals surface area contributed by atoms with Crippen LogP contribution in [0, 0.1) is 5.92 Å². The highest BCUT2D eigenvalue weighted by Crippen LogP contribution is 2.27. The molecule has 0 bridgehead atoms. The minimum Gasteiger partial charge on any atom is -0.389 e. The van der Waals surface area contributed by atoms with E-state index in [-0.39, 0.29) is 0 Å². The highest BCUT2D eigenvalue weighted by molar-refractivity contribution is 9.10. The van der Waals surface area contributed by atoms with Gasteiger partial charge >= 0.3 is 0 Å². The van der Waals surface area contributed by atoms with Gasteiger partial charge in [-0.25, -0.2) is 0 Å². The molecule has 19 heavy (non-hydrogen) atoms. The van der Waals surface area contributed by atoms with Gasteiger partial charge in [0, 0.05) is 28.3 Å². The van der Waals surface area contributed by atoms with Crippen molar-refractivity contribution in [1.82, 2.24) is 4.90 Å². The number of hydrogen-bond donors (Lipinski definition) is 2. The summed E-state index contributed by atoms with van der Waals surface area (Å²) in [5, 5.41) is 3.63. The predicted molar refractivity (Wildman–Crippen MR) is 88.7 cm³/mol. The van der Waals surface area contributed by atoms with Crippen molar-refractivity contribution in [2.45, 2.75) is 19.4 Å². The van der Waals surface area contributed by atoms with E-state index in [9.17, 15) is 0 Å². The quantitative estimate of drug-likeness (QED) is 0.829. The maximum Gasteiger partial charge on any atom is 0.104 e. The number of halogens is 1. The minimum atomic E-state index is 0.430. The van der Waals surface area contributed by atoms with Gasteiger partial charge in [-0.1, -0.05) is 19.1 Å². The van der Waals surface area contributed by atoms with Crippen molar-refractivity contribution in [2.24, 2.45) is 11.7 Å². The first-order valence-corrected chi connectivity index (χ1v) is 7.72. The fourth-order valence-electron chi connectivity index (χ4n) is 2.55. The number of piperidine rings is 1. The SMILES string of the molecule is CC1CN(C)CCC1Nc1ccc(C(N)=S)cc1Br. The molecule has 0 aliphatic carbocycles. The smallest absolute Gasteiger partial charge is 0.104 e. The first-order chi connectivity index (χ1) is 8.97. The lowest BCUT2D eigenvalue weighted by molar-refractivity contribution is 0.206. The molecular weight excluding hydrogens is 322 g/mol. The number of nitrogens with zero attached hydrogens (tertiary/aromatic N) is 1. The molecule has 104 valence electrons. The Morgan fingerprint density at radius 1 is 1.53 bits per heavy atom. The van der Waals surface area contributed by atoms with Crippen LogP contribution in [0.4, 0.5) is 5.69 Å². The van der Waals surface area contributed by atoms with E-state index in [1.165, 1.54) is 6.42 Å². The standard InChI is InChI=1S/C14H20BrN3S/c1-9-8-18(2)6-5-12(9)17-13-4-3-10(14(16)19)7-11(13)15/h3-4,7,9,12,17H,5-6,8H2,1-2H3,(H2,16,19). The van der Waals surface area contributed by atoms with Gasteiger partial charge in [-0.3, -0.25) is 0 Å². The van der Waals surface area contributed by atoms with E-state index in [0.717, 1.165) is 28.8 Å². The second kappa shape index (κ2) is 6.20. The number of nitrogens with one attached hydrogen (secondary N) is 1. The van der Waals surface area contributed by atoms with Crippen molar-refractivity contribution in [3.05, 3.63) is 28.2 Å². The molecule has 0 radical (unpaired) electrons. The Bertz CT molecular complexity index is 478. The largest absolute Gasteiger partial charge is 0.389 e. The summed E-state index contributed by atoms with van der Waals surface area (Å²) in [4.78, 5) is 2.81. The molecule has 1 aliphatic rings. The Hall–Kier alpha value is -0.650. The van der Waals surface area contributed by atoms with Gasteiger partial charge in [-0.05, 0) is 60.1 Å². The molecule has 5 heteroatoms. The summed E-state index contributed by atoms with van der Waals surface area (Å²) in [5.74, 6) is 0.640. The van der Waals surface area contributed by atoms with Crippen LogP contribution in [0.3, 0.4) is 0 Å². The first-order valence-electron chi connectivity index (χ1n) is 6.52. The summed E-state index contributed by atoms with van der Waals surface area (Å²) in [5.41, 5.74) is 7.64. The molecule has 2 unspecified atom stereocenters. The maximum absolute atomic E-state index is 5.64. The van der Waals surface area contributed by atoms with Crippen LogP contribution < -0.4 is 11.1 Å². The second-order valence-electron chi connectivity index (χ2n) is 5.34. The molecule has 2 atom stereocenters. The fraction of sp³-hybridized carbons (Fsp3) is 0.500. The zero-order valence-corrected chi connectivity index (χ0v) is 13.7. The molecule has 0 amide bonds. The molecule has 0 aromatic heterocycles. The average molecular weight is 342 g/mol. The number of benzene rings is 1. The van der Waals surface area contributed by atoms with Gasteiger partial charge in [-0.2, -0.15) is 0 Å². The Morgan fingerprint density at radius 2 is 2.26 bits per heavy atom. The van der Waals surface area contributed by atoms with Crippen LogP contribution in [0.25, 0.3) is 0 Å². The maximum atomic E-state index is 5.64. The second-order valence-corrected chi connectivity index (χ2v) is 6.63. The van der Waals surface area contributed by atoms with Crippen molar-refractivity contribution < 1.29 is 0 Å². The van der Waals surface area contributed by atoms with Gasteiger partial charge in [-0.15, -0.1) is 0 Å². The number of nitrogens with two attached hydrogens (primary N) is 1. The van der Waals surface area contributed by atoms with E-state index in [4.69, 9.17) is 18.0 Å². The van der Waals surface area contributed by atoms with Crippen LogP contribution in [0.2, 0.25) is 0 Å². The Kier molecular flexibility index (Phi) is 4.81. The molecule has 1 saturated heterocycles. The normalized spacial score (nSPS) is 24.2. The number of anilines is 1.